The Bertz CT molecular complexity index is 272. The molecule has 0 aliphatic carbocycles. The molecule has 14 heavy (non-hydrogen) atoms. The molecule has 1 saturated heterocycles. The van der Waals surface area contributed by atoms with Gasteiger partial charge in [0.2, 0.25) is 0 Å². The summed E-state index contributed by atoms with van der Waals surface area (Å²) in [6.45, 7) is 3.54. The molecular weight excluding hydrogens is 178 g/mol. The van der Waals surface area contributed by atoms with Crippen LogP contribution in [0.2, 0.25) is 0 Å². The topological polar surface area (TPSA) is 33.8 Å². The maximum atomic E-state index is 5.30. The molecule has 3 heteroatoms. The van der Waals surface area contributed by atoms with E-state index in [2.05, 4.69) is 24.5 Å². The average Bonchev–Trinajstić information content (AvgIpc) is 3.03. The number of hydroxylamine groups is 1. The van der Waals surface area contributed by atoms with E-state index in [1.807, 2.05) is 18.2 Å². The maximum Gasteiger partial charge on any atom is 0.106 e. The van der Waals surface area contributed by atoms with Gasteiger partial charge in [0.1, 0.15) is 6.10 Å². The zero-order valence-corrected chi connectivity index (χ0v) is 8.27. The van der Waals surface area contributed by atoms with Crippen molar-refractivity contribution in [2.75, 3.05) is 13.2 Å². The number of rotatable bonds is 5. The summed E-state index contributed by atoms with van der Waals surface area (Å²) in [5.74, 6) is 0. The molecular formula is C11H15NO2. The van der Waals surface area contributed by atoms with Crippen LogP contribution in [0.1, 0.15) is 18.5 Å². The number of hydrogen-bond donors (Lipinski definition) is 1. The van der Waals surface area contributed by atoms with Crippen LogP contribution in [-0.2, 0) is 9.57 Å². The van der Waals surface area contributed by atoms with Crippen molar-refractivity contribution in [3.05, 3.63) is 35.9 Å². The molecule has 1 aromatic rings. The molecule has 0 bridgehead atoms. The van der Waals surface area contributed by atoms with Gasteiger partial charge in [-0.3, -0.25) is 4.84 Å². The lowest BCUT2D eigenvalue weighted by Crippen LogP contribution is -2.21. The Balaban J connectivity index is 1.74. The third kappa shape index (κ3) is 2.80. The molecule has 2 rings (SSSR count). The van der Waals surface area contributed by atoms with Gasteiger partial charge in [-0.15, -0.1) is 0 Å². The number of epoxide rings is 1. The number of benzene rings is 1. The highest BCUT2D eigenvalue weighted by atomic mass is 16.7. The minimum Gasteiger partial charge on any atom is -0.371 e. The van der Waals surface area contributed by atoms with Crippen molar-refractivity contribution in [3.8, 4) is 0 Å². The molecule has 1 fully saturated rings. The van der Waals surface area contributed by atoms with Crippen molar-refractivity contribution in [2.24, 2.45) is 0 Å². The molecule has 1 aromatic carbocycles. The fourth-order valence-corrected chi connectivity index (χ4v) is 1.24. The second-order valence-electron chi connectivity index (χ2n) is 3.52. The van der Waals surface area contributed by atoms with Crippen LogP contribution >= 0.6 is 0 Å². The van der Waals surface area contributed by atoms with Crippen LogP contribution in [0.4, 0.5) is 0 Å². The molecule has 0 amide bonds. The van der Waals surface area contributed by atoms with Crippen LogP contribution in [0.5, 0.6) is 0 Å². The van der Waals surface area contributed by atoms with Crippen LogP contribution in [0.25, 0.3) is 0 Å². The van der Waals surface area contributed by atoms with E-state index in [0.29, 0.717) is 12.7 Å². The van der Waals surface area contributed by atoms with Gasteiger partial charge in [-0.1, -0.05) is 30.3 Å². The van der Waals surface area contributed by atoms with E-state index in [1.54, 1.807) is 0 Å². The molecule has 0 aromatic heterocycles. The summed E-state index contributed by atoms with van der Waals surface area (Å²) in [6, 6.07) is 10.4. The van der Waals surface area contributed by atoms with E-state index in [0.717, 1.165) is 6.61 Å². The summed E-state index contributed by atoms with van der Waals surface area (Å²) in [5, 5.41) is 0. The molecule has 2 unspecified atom stereocenters. The van der Waals surface area contributed by atoms with E-state index in [-0.39, 0.29) is 6.04 Å². The Labute approximate surface area is 84.0 Å². The second kappa shape index (κ2) is 4.55. The van der Waals surface area contributed by atoms with Gasteiger partial charge in [-0.05, 0) is 12.5 Å². The highest BCUT2D eigenvalue weighted by Crippen LogP contribution is 2.12. The molecule has 1 N–H and O–H groups in total. The fraction of sp³-hybridized carbons (Fsp3) is 0.455. The lowest BCUT2D eigenvalue weighted by molar-refractivity contribution is 0.0108. The van der Waals surface area contributed by atoms with Gasteiger partial charge in [0, 0.05) is 0 Å². The molecule has 0 saturated carbocycles. The SMILES string of the molecule is CC(NOCC1CO1)c1ccccc1. The van der Waals surface area contributed by atoms with Gasteiger partial charge in [-0.2, -0.15) is 5.48 Å². The van der Waals surface area contributed by atoms with Gasteiger partial charge < -0.3 is 4.74 Å². The lowest BCUT2D eigenvalue weighted by Gasteiger charge is -2.13. The molecule has 0 spiro atoms. The lowest BCUT2D eigenvalue weighted by atomic mass is 10.1. The minimum absolute atomic E-state index is 0.218. The smallest absolute Gasteiger partial charge is 0.106 e. The first-order valence-corrected chi connectivity index (χ1v) is 4.90. The van der Waals surface area contributed by atoms with Crippen molar-refractivity contribution in [3.63, 3.8) is 0 Å². The van der Waals surface area contributed by atoms with Crippen molar-refractivity contribution in [1.82, 2.24) is 5.48 Å². The van der Waals surface area contributed by atoms with Gasteiger partial charge in [0.25, 0.3) is 0 Å². The first-order valence-electron chi connectivity index (χ1n) is 4.90. The third-order valence-corrected chi connectivity index (χ3v) is 2.23. The largest absolute Gasteiger partial charge is 0.371 e. The Morgan fingerprint density at radius 1 is 1.50 bits per heavy atom. The zero-order valence-electron chi connectivity index (χ0n) is 8.27. The normalized spacial score (nSPS) is 21.9. The molecule has 76 valence electrons. The minimum atomic E-state index is 0.218. The molecule has 0 radical (unpaired) electrons. The monoisotopic (exact) mass is 193 g/mol. The van der Waals surface area contributed by atoms with Crippen LogP contribution in [0.15, 0.2) is 30.3 Å². The van der Waals surface area contributed by atoms with Gasteiger partial charge in [-0.25, -0.2) is 0 Å². The zero-order chi connectivity index (χ0) is 9.80. The molecule has 1 aliphatic heterocycles. The molecule has 1 aliphatic rings. The van der Waals surface area contributed by atoms with E-state index in [1.165, 1.54) is 5.56 Å². The van der Waals surface area contributed by atoms with Crippen molar-refractivity contribution in [1.29, 1.82) is 0 Å². The number of hydrogen-bond acceptors (Lipinski definition) is 3. The van der Waals surface area contributed by atoms with Gasteiger partial charge >= 0.3 is 0 Å². The van der Waals surface area contributed by atoms with E-state index < -0.39 is 0 Å². The average molecular weight is 193 g/mol. The van der Waals surface area contributed by atoms with E-state index in [4.69, 9.17) is 9.57 Å². The number of ether oxygens (including phenoxy) is 1. The maximum absolute atomic E-state index is 5.30. The van der Waals surface area contributed by atoms with Crippen LogP contribution in [0, 0.1) is 0 Å². The first-order chi connectivity index (χ1) is 6.86. The predicted molar refractivity (Wildman–Crippen MR) is 53.7 cm³/mol. The van der Waals surface area contributed by atoms with E-state index in [9.17, 15) is 0 Å². The summed E-state index contributed by atoms with van der Waals surface area (Å²) in [4.78, 5) is 5.30. The fourth-order valence-electron chi connectivity index (χ4n) is 1.24. The van der Waals surface area contributed by atoms with Crippen LogP contribution < -0.4 is 5.48 Å². The molecule has 2 atom stereocenters. The van der Waals surface area contributed by atoms with Crippen LogP contribution in [0.3, 0.4) is 0 Å². The summed E-state index contributed by atoms with van der Waals surface area (Å²) < 4.78 is 5.03. The van der Waals surface area contributed by atoms with Gasteiger partial charge in [0.05, 0.1) is 19.3 Å². The quantitative estimate of drug-likeness (QED) is 0.570. The Kier molecular flexibility index (Phi) is 3.14. The van der Waals surface area contributed by atoms with E-state index >= 15 is 0 Å². The second-order valence-corrected chi connectivity index (χ2v) is 3.52. The van der Waals surface area contributed by atoms with Gasteiger partial charge in [0.15, 0.2) is 0 Å². The van der Waals surface area contributed by atoms with Crippen molar-refractivity contribution >= 4 is 0 Å². The number of nitrogens with one attached hydrogen (secondary N) is 1. The predicted octanol–water partition coefficient (Wildman–Crippen LogP) is 1.67. The Hall–Kier alpha value is -0.900. The highest BCUT2D eigenvalue weighted by molar-refractivity contribution is 5.17. The summed E-state index contributed by atoms with van der Waals surface area (Å²) in [5.41, 5.74) is 4.22. The molecule has 1 heterocycles. The van der Waals surface area contributed by atoms with Crippen molar-refractivity contribution in [2.45, 2.75) is 19.1 Å². The Morgan fingerprint density at radius 3 is 2.86 bits per heavy atom. The summed E-state index contributed by atoms with van der Waals surface area (Å²) in [6.07, 6.45) is 0.311. The Morgan fingerprint density at radius 2 is 2.21 bits per heavy atom. The standard InChI is InChI=1S/C11H15NO2/c1-9(10-5-3-2-4-6-10)12-14-8-11-7-13-11/h2-6,9,11-12H,7-8H2,1H3. The summed E-state index contributed by atoms with van der Waals surface area (Å²) >= 11 is 0. The van der Waals surface area contributed by atoms with Crippen LogP contribution in [-0.4, -0.2) is 19.3 Å². The molecule has 3 nitrogen and oxygen atoms in total. The first kappa shape index (κ1) is 9.65. The summed E-state index contributed by atoms with van der Waals surface area (Å²) in [7, 11) is 0. The third-order valence-electron chi connectivity index (χ3n) is 2.23. The van der Waals surface area contributed by atoms with Crippen molar-refractivity contribution < 1.29 is 9.57 Å². The highest BCUT2D eigenvalue weighted by Gasteiger charge is 2.22.